The summed E-state index contributed by atoms with van der Waals surface area (Å²) in [6.45, 7) is 6.81. The number of aromatic nitrogens is 1. The topological polar surface area (TPSA) is 80.6 Å². The number of carboxylic acid groups (broad SMARTS) is 1. The largest absolute Gasteiger partial charge is 0.497 e. The van der Waals surface area contributed by atoms with E-state index in [-0.39, 0.29) is 17.5 Å². The lowest BCUT2D eigenvalue weighted by Crippen LogP contribution is -2.26. The minimum Gasteiger partial charge on any atom is -0.497 e. The zero-order chi connectivity index (χ0) is 28.4. The number of hydrogen-bond acceptors (Lipinski definition) is 3. The smallest absolute Gasteiger partial charge is 0.336 e. The second-order valence-corrected chi connectivity index (χ2v) is 10.0. The third-order valence-electron chi connectivity index (χ3n) is 7.63. The van der Waals surface area contributed by atoms with E-state index in [1.165, 1.54) is 0 Å². The molecule has 2 N–H and O–H groups in total. The Hall–Kier alpha value is -4.84. The fourth-order valence-corrected chi connectivity index (χ4v) is 5.14. The molecule has 0 bridgehead atoms. The molecule has 1 atom stereocenters. The second-order valence-electron chi connectivity index (χ2n) is 10.0. The van der Waals surface area contributed by atoms with Crippen LogP contribution in [0.4, 0.5) is 0 Å². The van der Waals surface area contributed by atoms with E-state index in [9.17, 15) is 14.7 Å². The summed E-state index contributed by atoms with van der Waals surface area (Å²) >= 11 is 0. The van der Waals surface area contributed by atoms with Crippen LogP contribution in [0, 0.1) is 13.8 Å². The highest BCUT2D eigenvalue weighted by Crippen LogP contribution is 2.29. The van der Waals surface area contributed by atoms with Gasteiger partial charge in [0.05, 0.1) is 18.7 Å². The van der Waals surface area contributed by atoms with Gasteiger partial charge >= 0.3 is 5.97 Å². The van der Waals surface area contributed by atoms with Crippen molar-refractivity contribution in [1.82, 2.24) is 9.88 Å². The van der Waals surface area contributed by atoms with Crippen molar-refractivity contribution in [1.29, 1.82) is 0 Å². The Morgan fingerprint density at radius 3 is 2.30 bits per heavy atom. The number of carboxylic acids is 1. The SMILES string of the molecule is COc1ccc(C(C)NC(=O)c2ccc3c(c2)c(C)c(C)n3Cc2ccc(-c3ccccc3C(=O)O)cc2)cc1. The molecule has 5 rings (SSSR count). The number of rotatable bonds is 8. The molecule has 6 heteroatoms. The summed E-state index contributed by atoms with van der Waals surface area (Å²) in [5, 5.41) is 13.7. The van der Waals surface area contributed by atoms with Gasteiger partial charge in [0.1, 0.15) is 5.75 Å². The first-order valence-electron chi connectivity index (χ1n) is 13.2. The molecular formula is C34H32N2O4. The van der Waals surface area contributed by atoms with Gasteiger partial charge in [-0.15, -0.1) is 0 Å². The van der Waals surface area contributed by atoms with Gasteiger partial charge in [-0.25, -0.2) is 4.79 Å². The van der Waals surface area contributed by atoms with Gasteiger partial charge in [-0.05, 0) is 85.0 Å². The van der Waals surface area contributed by atoms with Crippen molar-refractivity contribution in [3.63, 3.8) is 0 Å². The quantitative estimate of drug-likeness (QED) is 0.222. The predicted octanol–water partition coefficient (Wildman–Crippen LogP) is 7.17. The average Bonchev–Trinajstić information content (AvgIpc) is 3.21. The number of ether oxygens (including phenoxy) is 1. The maximum atomic E-state index is 13.1. The molecule has 202 valence electrons. The maximum Gasteiger partial charge on any atom is 0.336 e. The number of fused-ring (bicyclic) bond motifs is 1. The normalized spacial score (nSPS) is 11.8. The molecule has 0 aliphatic carbocycles. The van der Waals surface area contributed by atoms with Crippen molar-refractivity contribution < 1.29 is 19.4 Å². The minimum atomic E-state index is -0.937. The summed E-state index contributed by atoms with van der Waals surface area (Å²) in [5.41, 5.74) is 7.93. The molecule has 0 spiro atoms. The molecule has 5 aromatic rings. The zero-order valence-corrected chi connectivity index (χ0v) is 23.1. The van der Waals surface area contributed by atoms with Crippen molar-refractivity contribution in [3.8, 4) is 16.9 Å². The van der Waals surface area contributed by atoms with Gasteiger partial charge in [0.2, 0.25) is 0 Å². The van der Waals surface area contributed by atoms with E-state index in [0.29, 0.717) is 17.7 Å². The van der Waals surface area contributed by atoms with Crippen molar-refractivity contribution in [2.45, 2.75) is 33.4 Å². The Bertz CT molecular complexity index is 1700. The lowest BCUT2D eigenvalue weighted by Gasteiger charge is -2.15. The van der Waals surface area contributed by atoms with Crippen LogP contribution in [0.3, 0.4) is 0 Å². The third-order valence-corrected chi connectivity index (χ3v) is 7.63. The van der Waals surface area contributed by atoms with Gasteiger partial charge in [-0.3, -0.25) is 4.79 Å². The number of nitrogens with one attached hydrogen (secondary N) is 1. The van der Waals surface area contributed by atoms with Gasteiger partial charge in [0.15, 0.2) is 0 Å². The van der Waals surface area contributed by atoms with Crippen LogP contribution >= 0.6 is 0 Å². The molecule has 0 saturated heterocycles. The van der Waals surface area contributed by atoms with E-state index >= 15 is 0 Å². The highest BCUT2D eigenvalue weighted by Gasteiger charge is 2.17. The molecular weight excluding hydrogens is 500 g/mol. The Balaban J connectivity index is 1.37. The molecule has 1 aromatic heterocycles. The number of methoxy groups -OCH3 is 1. The van der Waals surface area contributed by atoms with Crippen LogP contribution in [0.15, 0.2) is 91.0 Å². The number of hydrogen-bond donors (Lipinski definition) is 2. The van der Waals surface area contributed by atoms with E-state index < -0.39 is 5.97 Å². The standard InChI is InChI=1S/C34H32N2O4/c1-21-23(3)36(20-24-9-11-26(12-10-24)29-7-5-6-8-30(29)34(38)39)32-18-15-27(19-31(21)32)33(37)35-22(2)25-13-16-28(40-4)17-14-25/h5-19,22H,20H2,1-4H3,(H,35,37)(H,38,39). The Morgan fingerprint density at radius 2 is 1.62 bits per heavy atom. The zero-order valence-electron chi connectivity index (χ0n) is 23.1. The van der Waals surface area contributed by atoms with Crippen LogP contribution in [-0.4, -0.2) is 28.7 Å². The summed E-state index contributed by atoms with van der Waals surface area (Å²) in [6.07, 6.45) is 0. The highest BCUT2D eigenvalue weighted by molar-refractivity contribution is 5.99. The number of amides is 1. The summed E-state index contributed by atoms with van der Waals surface area (Å²) < 4.78 is 7.48. The first-order valence-corrected chi connectivity index (χ1v) is 13.2. The lowest BCUT2D eigenvalue weighted by atomic mass is 9.99. The van der Waals surface area contributed by atoms with Gasteiger partial charge in [0, 0.05) is 28.7 Å². The van der Waals surface area contributed by atoms with Gasteiger partial charge in [-0.2, -0.15) is 0 Å². The molecule has 0 radical (unpaired) electrons. The number of nitrogens with zero attached hydrogens (tertiary/aromatic N) is 1. The predicted molar refractivity (Wildman–Crippen MR) is 158 cm³/mol. The van der Waals surface area contributed by atoms with Gasteiger partial charge in [0.25, 0.3) is 5.91 Å². The number of aromatic carboxylic acids is 1. The first kappa shape index (κ1) is 26.8. The van der Waals surface area contributed by atoms with E-state index in [0.717, 1.165) is 44.6 Å². The van der Waals surface area contributed by atoms with E-state index in [1.807, 2.05) is 85.8 Å². The molecule has 1 amide bonds. The van der Waals surface area contributed by atoms with Crippen LogP contribution < -0.4 is 10.1 Å². The maximum absolute atomic E-state index is 13.1. The number of aryl methyl sites for hydroxylation is 1. The van der Waals surface area contributed by atoms with Crippen LogP contribution in [0.25, 0.3) is 22.0 Å². The van der Waals surface area contributed by atoms with Gasteiger partial charge < -0.3 is 19.7 Å². The van der Waals surface area contributed by atoms with Crippen LogP contribution in [0.2, 0.25) is 0 Å². The first-order chi connectivity index (χ1) is 19.3. The molecule has 0 fully saturated rings. The van der Waals surface area contributed by atoms with Crippen LogP contribution in [0.5, 0.6) is 5.75 Å². The summed E-state index contributed by atoms with van der Waals surface area (Å²) in [4.78, 5) is 24.8. The summed E-state index contributed by atoms with van der Waals surface area (Å²) in [6, 6.07) is 28.5. The Kier molecular flexibility index (Phi) is 7.43. The summed E-state index contributed by atoms with van der Waals surface area (Å²) in [7, 11) is 1.63. The monoisotopic (exact) mass is 532 g/mol. The number of carbonyl (C=O) groups excluding carboxylic acids is 1. The van der Waals surface area contributed by atoms with E-state index in [4.69, 9.17) is 4.74 Å². The average molecular weight is 533 g/mol. The molecule has 0 aliphatic heterocycles. The molecule has 0 saturated carbocycles. The minimum absolute atomic E-state index is 0.118. The fourth-order valence-electron chi connectivity index (χ4n) is 5.14. The molecule has 6 nitrogen and oxygen atoms in total. The highest BCUT2D eigenvalue weighted by atomic mass is 16.5. The second kappa shape index (κ2) is 11.1. The number of benzene rings is 4. The molecule has 0 aliphatic rings. The van der Waals surface area contributed by atoms with E-state index in [2.05, 4.69) is 23.7 Å². The Labute approximate surface area is 233 Å². The summed E-state index contributed by atoms with van der Waals surface area (Å²) in [5.74, 6) is -0.275. The molecule has 1 heterocycles. The van der Waals surface area contributed by atoms with Crippen molar-refractivity contribution in [2.75, 3.05) is 7.11 Å². The molecule has 40 heavy (non-hydrogen) atoms. The van der Waals surface area contributed by atoms with Crippen molar-refractivity contribution in [3.05, 3.63) is 125 Å². The molecule has 1 unspecified atom stereocenters. The van der Waals surface area contributed by atoms with Crippen molar-refractivity contribution >= 4 is 22.8 Å². The number of carbonyl (C=O) groups is 2. The van der Waals surface area contributed by atoms with Crippen LogP contribution in [-0.2, 0) is 6.54 Å². The lowest BCUT2D eigenvalue weighted by molar-refractivity contribution is 0.0697. The van der Waals surface area contributed by atoms with E-state index in [1.54, 1.807) is 19.2 Å². The third kappa shape index (κ3) is 5.21. The fraction of sp³-hybridized carbons (Fsp3) is 0.176. The Morgan fingerprint density at radius 1 is 0.925 bits per heavy atom. The van der Waals surface area contributed by atoms with Gasteiger partial charge in [-0.1, -0.05) is 54.6 Å². The molecule has 4 aromatic carbocycles. The van der Waals surface area contributed by atoms with Crippen molar-refractivity contribution in [2.24, 2.45) is 0 Å². The van der Waals surface area contributed by atoms with Crippen LogP contribution in [0.1, 0.15) is 56.1 Å².